The zero-order chi connectivity index (χ0) is 19.6. The highest BCUT2D eigenvalue weighted by Crippen LogP contribution is 2.36. The Morgan fingerprint density at radius 2 is 1.85 bits per heavy atom. The average molecular weight is 406 g/mol. The van der Waals surface area contributed by atoms with E-state index in [9.17, 15) is 14.0 Å². The van der Waals surface area contributed by atoms with Gasteiger partial charge in [0, 0.05) is 10.1 Å². The van der Waals surface area contributed by atoms with Crippen LogP contribution < -0.4 is 5.32 Å². The SMILES string of the molecule is CC(OC(=O)c1sc2cc(F)ccc2c1Cl)C(=O)NC(C)c1ccccc1. The van der Waals surface area contributed by atoms with Crippen molar-refractivity contribution in [1.82, 2.24) is 5.32 Å². The number of ether oxygens (including phenoxy) is 1. The summed E-state index contributed by atoms with van der Waals surface area (Å²) in [5.41, 5.74) is 0.943. The summed E-state index contributed by atoms with van der Waals surface area (Å²) in [6, 6.07) is 13.3. The molecule has 3 rings (SSSR count). The molecule has 140 valence electrons. The summed E-state index contributed by atoms with van der Waals surface area (Å²) in [4.78, 5) is 24.9. The lowest BCUT2D eigenvalue weighted by molar-refractivity contribution is -0.129. The number of nitrogens with one attached hydrogen (secondary N) is 1. The highest BCUT2D eigenvalue weighted by molar-refractivity contribution is 7.21. The summed E-state index contributed by atoms with van der Waals surface area (Å²) >= 11 is 7.25. The highest BCUT2D eigenvalue weighted by atomic mass is 35.5. The molecule has 0 bridgehead atoms. The van der Waals surface area contributed by atoms with Crippen molar-refractivity contribution in [3.8, 4) is 0 Å². The number of fused-ring (bicyclic) bond motifs is 1. The van der Waals surface area contributed by atoms with Crippen LogP contribution in [0.15, 0.2) is 48.5 Å². The Bertz CT molecular complexity index is 990. The Morgan fingerprint density at radius 1 is 1.15 bits per heavy atom. The second kappa shape index (κ2) is 8.06. The molecule has 1 amide bonds. The number of carbonyl (C=O) groups is 2. The monoisotopic (exact) mass is 405 g/mol. The maximum Gasteiger partial charge on any atom is 0.350 e. The van der Waals surface area contributed by atoms with Gasteiger partial charge in [-0.2, -0.15) is 0 Å². The number of thiophene rings is 1. The lowest BCUT2D eigenvalue weighted by Gasteiger charge is -2.18. The number of carbonyl (C=O) groups excluding carboxylic acids is 2. The molecule has 2 atom stereocenters. The molecule has 0 radical (unpaired) electrons. The van der Waals surface area contributed by atoms with Crippen molar-refractivity contribution in [3.05, 3.63) is 69.8 Å². The van der Waals surface area contributed by atoms with E-state index in [1.165, 1.54) is 25.1 Å². The van der Waals surface area contributed by atoms with E-state index < -0.39 is 23.8 Å². The number of hydrogen-bond acceptors (Lipinski definition) is 4. The molecule has 2 aromatic carbocycles. The summed E-state index contributed by atoms with van der Waals surface area (Å²) in [6.45, 7) is 3.34. The maximum absolute atomic E-state index is 13.4. The molecule has 0 aliphatic carbocycles. The molecule has 0 aliphatic rings. The van der Waals surface area contributed by atoms with Crippen LogP contribution in [0.1, 0.15) is 35.1 Å². The largest absolute Gasteiger partial charge is 0.448 e. The van der Waals surface area contributed by atoms with Crippen LogP contribution in [0.25, 0.3) is 10.1 Å². The van der Waals surface area contributed by atoms with Crippen LogP contribution in [-0.4, -0.2) is 18.0 Å². The number of esters is 1. The molecule has 1 heterocycles. The van der Waals surface area contributed by atoms with Gasteiger partial charge >= 0.3 is 5.97 Å². The first-order chi connectivity index (χ1) is 12.9. The van der Waals surface area contributed by atoms with E-state index >= 15 is 0 Å². The van der Waals surface area contributed by atoms with Gasteiger partial charge in [-0.15, -0.1) is 11.3 Å². The summed E-state index contributed by atoms with van der Waals surface area (Å²) in [7, 11) is 0. The number of amides is 1. The molecule has 1 aromatic heterocycles. The Kier molecular flexibility index (Phi) is 5.77. The van der Waals surface area contributed by atoms with Gasteiger partial charge in [0.25, 0.3) is 5.91 Å². The summed E-state index contributed by atoms with van der Waals surface area (Å²) in [5.74, 6) is -1.54. The molecule has 4 nitrogen and oxygen atoms in total. The number of halogens is 2. The van der Waals surface area contributed by atoms with Crippen molar-refractivity contribution in [2.24, 2.45) is 0 Å². The van der Waals surface area contributed by atoms with Crippen molar-refractivity contribution >= 4 is 44.9 Å². The fourth-order valence-electron chi connectivity index (χ4n) is 2.59. The number of hydrogen-bond donors (Lipinski definition) is 1. The van der Waals surface area contributed by atoms with Gasteiger partial charge in [-0.25, -0.2) is 9.18 Å². The van der Waals surface area contributed by atoms with E-state index in [0.717, 1.165) is 16.9 Å². The minimum Gasteiger partial charge on any atom is -0.448 e. The third-order valence-electron chi connectivity index (χ3n) is 4.09. The molecule has 3 aromatic rings. The normalized spacial score (nSPS) is 13.2. The molecule has 0 saturated heterocycles. The number of benzene rings is 2. The van der Waals surface area contributed by atoms with E-state index in [-0.39, 0.29) is 15.9 Å². The molecule has 7 heteroatoms. The van der Waals surface area contributed by atoms with Crippen LogP contribution >= 0.6 is 22.9 Å². The van der Waals surface area contributed by atoms with Crippen LogP contribution in [0.4, 0.5) is 4.39 Å². The van der Waals surface area contributed by atoms with Gasteiger partial charge in [-0.1, -0.05) is 41.9 Å². The lowest BCUT2D eigenvalue weighted by Crippen LogP contribution is -2.37. The first-order valence-electron chi connectivity index (χ1n) is 8.30. The molecule has 0 fully saturated rings. The van der Waals surface area contributed by atoms with Crippen molar-refractivity contribution < 1.29 is 18.7 Å². The topological polar surface area (TPSA) is 55.4 Å². The Morgan fingerprint density at radius 3 is 2.56 bits per heavy atom. The van der Waals surface area contributed by atoms with Crippen LogP contribution in [0.5, 0.6) is 0 Å². The predicted octanol–water partition coefficient (Wildman–Crippen LogP) is 5.12. The standard InChI is InChI=1S/C20H17ClFNO3S/c1-11(13-6-4-3-5-7-13)23-19(24)12(2)26-20(25)18-17(21)15-9-8-14(22)10-16(15)27-18/h3-12H,1-2H3,(H,23,24). The van der Waals surface area contributed by atoms with Gasteiger partial charge in [-0.3, -0.25) is 4.79 Å². The van der Waals surface area contributed by atoms with Gasteiger partial charge in [-0.05, 0) is 37.6 Å². The zero-order valence-corrected chi connectivity index (χ0v) is 16.2. The van der Waals surface area contributed by atoms with E-state index in [2.05, 4.69) is 5.32 Å². The highest BCUT2D eigenvalue weighted by Gasteiger charge is 2.24. The molecule has 27 heavy (non-hydrogen) atoms. The van der Waals surface area contributed by atoms with Gasteiger partial charge in [0.2, 0.25) is 0 Å². The summed E-state index contributed by atoms with van der Waals surface area (Å²) in [5, 5.41) is 3.58. The minimum atomic E-state index is -0.998. The predicted molar refractivity (Wildman–Crippen MR) is 105 cm³/mol. The molecular formula is C20H17ClFNO3S. The van der Waals surface area contributed by atoms with E-state index in [1.54, 1.807) is 0 Å². The smallest absolute Gasteiger partial charge is 0.350 e. The molecular weight excluding hydrogens is 389 g/mol. The van der Waals surface area contributed by atoms with Crippen LogP contribution in [-0.2, 0) is 9.53 Å². The van der Waals surface area contributed by atoms with Crippen molar-refractivity contribution in [2.75, 3.05) is 0 Å². The van der Waals surface area contributed by atoms with E-state index in [4.69, 9.17) is 16.3 Å². The zero-order valence-electron chi connectivity index (χ0n) is 14.7. The fourth-order valence-corrected chi connectivity index (χ4v) is 4.01. The molecule has 1 N–H and O–H groups in total. The quantitative estimate of drug-likeness (QED) is 0.599. The molecule has 0 saturated carbocycles. The van der Waals surface area contributed by atoms with Crippen LogP contribution in [0.2, 0.25) is 5.02 Å². The lowest BCUT2D eigenvalue weighted by atomic mass is 10.1. The third kappa shape index (κ3) is 4.28. The third-order valence-corrected chi connectivity index (χ3v) is 5.73. The summed E-state index contributed by atoms with van der Waals surface area (Å²) < 4.78 is 19.2. The first-order valence-corrected chi connectivity index (χ1v) is 9.50. The maximum atomic E-state index is 13.4. The minimum absolute atomic E-state index is 0.146. The molecule has 0 spiro atoms. The van der Waals surface area contributed by atoms with Gasteiger partial charge < -0.3 is 10.1 Å². The Balaban J connectivity index is 1.68. The average Bonchev–Trinajstić information content (AvgIpc) is 2.98. The van der Waals surface area contributed by atoms with Gasteiger partial charge in [0.1, 0.15) is 10.7 Å². The Labute approximate surface area is 164 Å². The van der Waals surface area contributed by atoms with Gasteiger partial charge in [0.15, 0.2) is 6.10 Å². The van der Waals surface area contributed by atoms with E-state index in [0.29, 0.717) is 10.1 Å². The number of rotatable bonds is 5. The second-order valence-electron chi connectivity index (χ2n) is 6.07. The van der Waals surface area contributed by atoms with E-state index in [1.807, 2.05) is 37.3 Å². The van der Waals surface area contributed by atoms with Gasteiger partial charge in [0.05, 0.1) is 11.1 Å². The fraction of sp³-hybridized carbons (Fsp3) is 0.200. The molecule has 2 unspecified atom stereocenters. The first kappa shape index (κ1) is 19.3. The van der Waals surface area contributed by atoms with Crippen LogP contribution in [0.3, 0.4) is 0 Å². The van der Waals surface area contributed by atoms with Crippen molar-refractivity contribution in [2.45, 2.75) is 26.0 Å². The van der Waals surface area contributed by atoms with Crippen molar-refractivity contribution in [1.29, 1.82) is 0 Å². The van der Waals surface area contributed by atoms with Crippen molar-refractivity contribution in [3.63, 3.8) is 0 Å². The molecule has 0 aliphatic heterocycles. The summed E-state index contributed by atoms with van der Waals surface area (Å²) in [6.07, 6.45) is -0.998. The van der Waals surface area contributed by atoms with Crippen LogP contribution in [0, 0.1) is 5.82 Å². The Hall–Kier alpha value is -2.44. The second-order valence-corrected chi connectivity index (χ2v) is 7.50.